The van der Waals surface area contributed by atoms with Crippen molar-refractivity contribution in [2.24, 2.45) is 5.92 Å². The van der Waals surface area contributed by atoms with Gasteiger partial charge in [0.1, 0.15) is 11.9 Å². The number of aryl methyl sites for hydroxylation is 1. The van der Waals surface area contributed by atoms with Crippen LogP contribution in [0.25, 0.3) is 0 Å². The zero-order valence-corrected chi connectivity index (χ0v) is 18.3. The first-order valence-corrected chi connectivity index (χ1v) is 11.7. The van der Waals surface area contributed by atoms with Crippen molar-refractivity contribution in [2.45, 2.75) is 83.7 Å². The minimum absolute atomic E-state index is 0.169. The summed E-state index contributed by atoms with van der Waals surface area (Å²) in [5, 5.41) is 0. The molecule has 160 valence electrons. The molecule has 0 N–H and O–H groups in total. The van der Waals surface area contributed by atoms with E-state index in [0.717, 1.165) is 55.6 Å². The second-order valence-corrected chi connectivity index (χ2v) is 9.10. The first kappa shape index (κ1) is 21.1. The highest BCUT2D eigenvalue weighted by Gasteiger charge is 2.33. The number of carbonyl (C=O) groups is 1. The Labute approximate surface area is 179 Å². The maximum atomic E-state index is 15.4. The van der Waals surface area contributed by atoms with Crippen molar-refractivity contribution >= 4 is 5.97 Å². The molecule has 4 rings (SSSR count). The smallest absolute Gasteiger partial charge is 0.342 e. The fourth-order valence-corrected chi connectivity index (χ4v) is 5.31. The molecule has 1 aliphatic carbocycles. The molecular weight excluding hydrogens is 375 g/mol. The minimum Gasteiger partial charge on any atom is -0.453 e. The van der Waals surface area contributed by atoms with Gasteiger partial charge in [0.25, 0.3) is 0 Å². The van der Waals surface area contributed by atoms with E-state index in [1.54, 1.807) is 0 Å². The van der Waals surface area contributed by atoms with Crippen LogP contribution in [0, 0.1) is 11.7 Å². The number of rotatable bonds is 6. The molecule has 0 spiro atoms. The van der Waals surface area contributed by atoms with Crippen molar-refractivity contribution in [3.8, 4) is 0 Å². The van der Waals surface area contributed by atoms with Gasteiger partial charge in [-0.25, -0.2) is 9.18 Å². The topological polar surface area (TPSA) is 26.3 Å². The van der Waals surface area contributed by atoms with Gasteiger partial charge in [-0.3, -0.25) is 0 Å². The highest BCUT2D eigenvalue weighted by molar-refractivity contribution is 5.93. The molecule has 0 radical (unpaired) electrons. The number of carbonyl (C=O) groups excluding carboxylic acids is 1. The Morgan fingerprint density at radius 3 is 2.37 bits per heavy atom. The standard InChI is InChI=1S/C27H33FO2/c1-3-5-18-7-11-20(12-8-18)23-16-15-22-17-24(30-27(29)25(22)26(23)28)21-13-9-19(6-4-2)10-14-21/h9-10,13-16,18,20,24H,3-8,11-12,17H2,1-2H3. The van der Waals surface area contributed by atoms with E-state index >= 15 is 4.39 Å². The van der Waals surface area contributed by atoms with E-state index in [2.05, 4.69) is 26.0 Å². The average molecular weight is 409 g/mol. The first-order valence-electron chi connectivity index (χ1n) is 11.7. The fourth-order valence-electron chi connectivity index (χ4n) is 5.31. The molecule has 1 saturated carbocycles. The molecule has 1 fully saturated rings. The summed E-state index contributed by atoms with van der Waals surface area (Å²) in [5.41, 5.74) is 3.92. The molecule has 2 nitrogen and oxygen atoms in total. The number of benzene rings is 2. The van der Waals surface area contributed by atoms with Crippen LogP contribution in [0.5, 0.6) is 0 Å². The van der Waals surface area contributed by atoms with Gasteiger partial charge in [0.2, 0.25) is 0 Å². The van der Waals surface area contributed by atoms with Gasteiger partial charge in [-0.05, 0) is 66.2 Å². The average Bonchev–Trinajstić information content (AvgIpc) is 2.75. The van der Waals surface area contributed by atoms with E-state index in [9.17, 15) is 4.79 Å². The number of esters is 1. The third-order valence-corrected chi connectivity index (χ3v) is 6.99. The lowest BCUT2D eigenvalue weighted by Gasteiger charge is -2.31. The summed E-state index contributed by atoms with van der Waals surface area (Å²) in [7, 11) is 0. The molecule has 2 aromatic rings. The third-order valence-electron chi connectivity index (χ3n) is 6.99. The minimum atomic E-state index is -0.516. The number of fused-ring (bicyclic) bond motifs is 1. The lowest BCUT2D eigenvalue weighted by atomic mass is 9.76. The Bertz CT molecular complexity index is 878. The van der Waals surface area contributed by atoms with E-state index in [-0.39, 0.29) is 23.4 Å². The van der Waals surface area contributed by atoms with Gasteiger partial charge in [-0.15, -0.1) is 0 Å². The van der Waals surface area contributed by atoms with Crippen molar-refractivity contribution in [1.29, 1.82) is 0 Å². The molecule has 1 aliphatic heterocycles. The second-order valence-electron chi connectivity index (χ2n) is 9.10. The van der Waals surface area contributed by atoms with Gasteiger partial charge in [0.05, 0.1) is 5.56 Å². The molecular formula is C27H33FO2. The lowest BCUT2D eigenvalue weighted by Crippen LogP contribution is -2.24. The van der Waals surface area contributed by atoms with Crippen molar-refractivity contribution in [3.63, 3.8) is 0 Å². The van der Waals surface area contributed by atoms with Crippen LogP contribution in [-0.4, -0.2) is 5.97 Å². The molecule has 2 aromatic carbocycles. The van der Waals surface area contributed by atoms with E-state index in [0.29, 0.717) is 12.0 Å². The molecule has 1 heterocycles. The summed E-state index contributed by atoms with van der Waals surface area (Å²) < 4.78 is 21.1. The zero-order valence-electron chi connectivity index (χ0n) is 18.3. The van der Waals surface area contributed by atoms with Gasteiger partial charge < -0.3 is 4.74 Å². The van der Waals surface area contributed by atoms with Crippen LogP contribution in [-0.2, 0) is 17.6 Å². The largest absolute Gasteiger partial charge is 0.453 e. The molecule has 0 bridgehead atoms. The highest BCUT2D eigenvalue weighted by Crippen LogP contribution is 2.41. The van der Waals surface area contributed by atoms with Crippen molar-refractivity contribution in [1.82, 2.24) is 0 Å². The molecule has 0 aromatic heterocycles. The molecule has 0 amide bonds. The number of hydrogen-bond acceptors (Lipinski definition) is 2. The fraction of sp³-hybridized carbons (Fsp3) is 0.519. The zero-order chi connectivity index (χ0) is 21.1. The third kappa shape index (κ3) is 4.31. The Morgan fingerprint density at radius 1 is 0.967 bits per heavy atom. The van der Waals surface area contributed by atoms with Crippen LogP contribution in [0.1, 0.15) is 103 Å². The van der Waals surface area contributed by atoms with Gasteiger partial charge in [-0.2, -0.15) is 0 Å². The maximum Gasteiger partial charge on any atom is 0.342 e. The van der Waals surface area contributed by atoms with Crippen LogP contribution in [0.15, 0.2) is 36.4 Å². The van der Waals surface area contributed by atoms with E-state index in [1.165, 1.54) is 18.4 Å². The second kappa shape index (κ2) is 9.32. The van der Waals surface area contributed by atoms with Crippen LogP contribution in [0.3, 0.4) is 0 Å². The van der Waals surface area contributed by atoms with Gasteiger partial charge in [0, 0.05) is 6.42 Å². The van der Waals surface area contributed by atoms with Gasteiger partial charge in [0.15, 0.2) is 0 Å². The van der Waals surface area contributed by atoms with E-state index in [1.807, 2.05) is 24.3 Å². The van der Waals surface area contributed by atoms with Crippen molar-refractivity contribution in [3.05, 3.63) is 70.0 Å². The predicted molar refractivity (Wildman–Crippen MR) is 118 cm³/mol. The van der Waals surface area contributed by atoms with Crippen LogP contribution in [0.2, 0.25) is 0 Å². The summed E-state index contributed by atoms with van der Waals surface area (Å²) in [6, 6.07) is 12.2. The number of hydrogen-bond donors (Lipinski definition) is 0. The normalized spacial score (nSPS) is 23.7. The molecule has 1 atom stereocenters. The Morgan fingerprint density at radius 2 is 1.70 bits per heavy atom. The number of ether oxygens (including phenoxy) is 1. The molecule has 1 unspecified atom stereocenters. The van der Waals surface area contributed by atoms with Crippen LogP contribution < -0.4 is 0 Å². The highest BCUT2D eigenvalue weighted by atomic mass is 19.1. The molecule has 30 heavy (non-hydrogen) atoms. The molecule has 2 aliphatic rings. The quantitative estimate of drug-likeness (QED) is 0.469. The Hall–Kier alpha value is -2.16. The van der Waals surface area contributed by atoms with Crippen molar-refractivity contribution < 1.29 is 13.9 Å². The van der Waals surface area contributed by atoms with E-state index < -0.39 is 5.97 Å². The van der Waals surface area contributed by atoms with Crippen LogP contribution >= 0.6 is 0 Å². The lowest BCUT2D eigenvalue weighted by molar-refractivity contribution is 0.0245. The monoisotopic (exact) mass is 408 g/mol. The van der Waals surface area contributed by atoms with Gasteiger partial charge >= 0.3 is 5.97 Å². The number of halogens is 1. The summed E-state index contributed by atoms with van der Waals surface area (Å²) >= 11 is 0. The maximum absolute atomic E-state index is 15.4. The predicted octanol–water partition coefficient (Wildman–Crippen LogP) is 7.31. The number of cyclic esters (lactones) is 1. The summed E-state index contributed by atoms with van der Waals surface area (Å²) in [6.07, 6.45) is 9.19. The SMILES string of the molecule is CCCc1ccc(C2Cc3ccc(C4CCC(CCC)CC4)c(F)c3C(=O)O2)cc1. The molecule has 0 saturated heterocycles. The molecule has 3 heteroatoms. The Balaban J connectivity index is 1.52. The van der Waals surface area contributed by atoms with E-state index in [4.69, 9.17) is 4.74 Å². The van der Waals surface area contributed by atoms with Gasteiger partial charge in [-0.1, -0.05) is 69.5 Å². The van der Waals surface area contributed by atoms with Crippen LogP contribution in [0.4, 0.5) is 4.39 Å². The summed E-state index contributed by atoms with van der Waals surface area (Å²) in [4.78, 5) is 12.8. The first-order chi connectivity index (χ1) is 14.6. The Kier molecular flexibility index (Phi) is 6.55. The van der Waals surface area contributed by atoms with Crippen molar-refractivity contribution in [2.75, 3.05) is 0 Å². The summed E-state index contributed by atoms with van der Waals surface area (Å²) in [6.45, 7) is 4.39. The summed E-state index contributed by atoms with van der Waals surface area (Å²) in [5.74, 6) is 0.146.